The Hall–Kier alpha value is -2.72. The van der Waals surface area contributed by atoms with E-state index in [2.05, 4.69) is 60.2 Å². The molecule has 5 rings (SSSR count). The zero-order valence-electron chi connectivity index (χ0n) is 16.3. The Morgan fingerprint density at radius 3 is 2.90 bits per heavy atom. The molecule has 4 aromatic rings. The number of nitrogens with one attached hydrogen (secondary N) is 2. The van der Waals surface area contributed by atoms with Crippen LogP contribution in [0.25, 0.3) is 16.7 Å². The van der Waals surface area contributed by atoms with Crippen molar-refractivity contribution in [2.75, 3.05) is 37.4 Å². The van der Waals surface area contributed by atoms with Gasteiger partial charge >= 0.3 is 0 Å². The molecule has 1 aromatic carbocycles. The van der Waals surface area contributed by atoms with Gasteiger partial charge in [0.25, 0.3) is 0 Å². The summed E-state index contributed by atoms with van der Waals surface area (Å²) >= 11 is 3.55. The van der Waals surface area contributed by atoms with Crippen molar-refractivity contribution >= 4 is 44.5 Å². The number of H-pyrrole nitrogens is 1. The summed E-state index contributed by atoms with van der Waals surface area (Å²) in [6.07, 6.45) is 2.84. The van der Waals surface area contributed by atoms with Gasteiger partial charge in [0.1, 0.15) is 5.82 Å². The molecule has 1 atom stereocenters. The fourth-order valence-electron chi connectivity index (χ4n) is 3.69. The van der Waals surface area contributed by atoms with Crippen LogP contribution in [0.2, 0.25) is 0 Å². The minimum Gasteiger partial charge on any atom is -0.347 e. The van der Waals surface area contributed by atoms with Crippen LogP contribution in [0.3, 0.4) is 0 Å². The average molecular weight is 456 g/mol. The van der Waals surface area contributed by atoms with E-state index in [0.29, 0.717) is 18.5 Å². The monoisotopic (exact) mass is 455 g/mol. The van der Waals surface area contributed by atoms with E-state index in [-0.39, 0.29) is 0 Å². The van der Waals surface area contributed by atoms with Gasteiger partial charge in [-0.25, -0.2) is 4.98 Å². The van der Waals surface area contributed by atoms with Crippen LogP contribution >= 0.6 is 15.9 Å². The number of anilines is 2. The first-order chi connectivity index (χ1) is 14.1. The number of imidazole rings is 1. The third kappa shape index (κ3) is 3.42. The lowest BCUT2D eigenvalue weighted by Gasteiger charge is -2.21. The molecule has 9 nitrogen and oxygen atoms in total. The SMILES string of the molecule is CN(C)[C@H]1CCN(c2nc(NCc3nc4ccccc4[nH]3)n3ncc(Br)c3n2)C1. The number of hydrogen-bond donors (Lipinski definition) is 2. The molecule has 0 radical (unpaired) electrons. The van der Waals surface area contributed by atoms with Crippen LogP contribution in [0.5, 0.6) is 0 Å². The van der Waals surface area contributed by atoms with Gasteiger partial charge in [-0.2, -0.15) is 19.6 Å². The fourth-order valence-corrected chi connectivity index (χ4v) is 4.04. The molecule has 0 spiro atoms. The van der Waals surface area contributed by atoms with Crippen molar-refractivity contribution < 1.29 is 0 Å². The van der Waals surface area contributed by atoms with Gasteiger partial charge in [0.15, 0.2) is 5.65 Å². The van der Waals surface area contributed by atoms with Crippen molar-refractivity contribution in [3.63, 3.8) is 0 Å². The van der Waals surface area contributed by atoms with Crippen LogP contribution < -0.4 is 10.2 Å². The number of aromatic nitrogens is 6. The van der Waals surface area contributed by atoms with Crippen LogP contribution in [0, 0.1) is 0 Å². The van der Waals surface area contributed by atoms with Crippen LogP contribution in [0.15, 0.2) is 34.9 Å². The van der Waals surface area contributed by atoms with Crippen LogP contribution in [-0.4, -0.2) is 67.7 Å². The van der Waals surface area contributed by atoms with Gasteiger partial charge in [0, 0.05) is 19.1 Å². The smallest absolute Gasteiger partial charge is 0.230 e. The molecular weight excluding hydrogens is 434 g/mol. The molecule has 0 aliphatic carbocycles. The number of aromatic amines is 1. The minimum atomic E-state index is 0.509. The van der Waals surface area contributed by atoms with Gasteiger partial charge in [-0.1, -0.05) is 12.1 Å². The molecular formula is C19H22BrN9. The predicted molar refractivity (Wildman–Crippen MR) is 116 cm³/mol. The minimum absolute atomic E-state index is 0.509. The molecule has 10 heteroatoms. The quantitative estimate of drug-likeness (QED) is 0.477. The standard InChI is InChI=1S/C19H22BrN9/c1-27(2)12-7-8-28(11-12)19-25-17-13(20)9-22-29(17)18(26-19)21-10-16-23-14-5-3-4-6-15(14)24-16/h3-6,9,12H,7-8,10-11H2,1-2H3,(H,23,24)(H,21,25,26)/t12-/m0/s1. The lowest BCUT2D eigenvalue weighted by atomic mass is 10.2. The summed E-state index contributed by atoms with van der Waals surface area (Å²) in [4.78, 5) is 22.0. The molecule has 1 fully saturated rings. The summed E-state index contributed by atoms with van der Waals surface area (Å²) in [6, 6.07) is 8.51. The van der Waals surface area contributed by atoms with Gasteiger partial charge in [-0.05, 0) is 48.6 Å². The Kier molecular flexibility index (Phi) is 4.59. The van der Waals surface area contributed by atoms with Gasteiger partial charge in [-0.3, -0.25) is 0 Å². The number of rotatable bonds is 5. The highest BCUT2D eigenvalue weighted by molar-refractivity contribution is 9.10. The number of fused-ring (bicyclic) bond motifs is 2. The Morgan fingerprint density at radius 1 is 1.24 bits per heavy atom. The second kappa shape index (κ2) is 7.27. The first-order valence-corrected chi connectivity index (χ1v) is 10.4. The average Bonchev–Trinajstić information content (AvgIpc) is 3.44. The Morgan fingerprint density at radius 2 is 2.10 bits per heavy atom. The molecule has 29 heavy (non-hydrogen) atoms. The molecule has 4 heterocycles. The lowest BCUT2D eigenvalue weighted by Crippen LogP contribution is -2.32. The molecule has 1 aliphatic rings. The first kappa shape index (κ1) is 18.3. The highest BCUT2D eigenvalue weighted by Crippen LogP contribution is 2.25. The van der Waals surface area contributed by atoms with Crippen LogP contribution in [0.1, 0.15) is 12.2 Å². The van der Waals surface area contributed by atoms with E-state index in [0.717, 1.165) is 52.4 Å². The number of benzene rings is 1. The Labute approximate surface area is 176 Å². The Bertz CT molecular complexity index is 1130. The zero-order chi connectivity index (χ0) is 20.0. The topological polar surface area (TPSA) is 90.3 Å². The lowest BCUT2D eigenvalue weighted by molar-refractivity contribution is 0.315. The van der Waals surface area contributed by atoms with E-state index in [1.165, 1.54) is 0 Å². The first-order valence-electron chi connectivity index (χ1n) is 9.58. The van der Waals surface area contributed by atoms with E-state index in [1.807, 2.05) is 24.3 Å². The number of para-hydroxylation sites is 2. The summed E-state index contributed by atoms with van der Waals surface area (Å²) < 4.78 is 2.56. The van der Waals surface area contributed by atoms with Crippen molar-refractivity contribution in [3.8, 4) is 0 Å². The van der Waals surface area contributed by atoms with E-state index in [4.69, 9.17) is 9.97 Å². The number of hydrogen-bond acceptors (Lipinski definition) is 7. The fraction of sp³-hybridized carbons (Fsp3) is 0.368. The van der Waals surface area contributed by atoms with Crippen molar-refractivity contribution in [1.82, 2.24) is 34.4 Å². The summed E-state index contributed by atoms with van der Waals surface area (Å²) in [5.74, 6) is 2.21. The van der Waals surface area contributed by atoms with Gasteiger partial charge in [-0.15, -0.1) is 0 Å². The summed E-state index contributed by atoms with van der Waals surface area (Å²) in [5, 5.41) is 7.78. The van der Waals surface area contributed by atoms with Crippen LogP contribution in [0.4, 0.5) is 11.9 Å². The molecule has 0 unspecified atom stereocenters. The van der Waals surface area contributed by atoms with Gasteiger partial charge in [0.2, 0.25) is 11.9 Å². The van der Waals surface area contributed by atoms with Crippen molar-refractivity contribution in [2.45, 2.75) is 19.0 Å². The maximum atomic E-state index is 4.78. The second-order valence-electron chi connectivity index (χ2n) is 7.48. The van der Waals surface area contributed by atoms with E-state index in [9.17, 15) is 0 Å². The summed E-state index contributed by atoms with van der Waals surface area (Å²) in [7, 11) is 4.23. The van der Waals surface area contributed by atoms with Crippen molar-refractivity contribution in [1.29, 1.82) is 0 Å². The molecule has 3 aromatic heterocycles. The van der Waals surface area contributed by atoms with Gasteiger partial charge in [0.05, 0.1) is 28.2 Å². The predicted octanol–water partition coefficient (Wildman–Crippen LogP) is 2.52. The maximum absolute atomic E-state index is 4.78. The third-order valence-electron chi connectivity index (χ3n) is 5.34. The van der Waals surface area contributed by atoms with E-state index < -0.39 is 0 Å². The summed E-state index contributed by atoms with van der Waals surface area (Å²) in [6.45, 7) is 2.36. The number of halogens is 1. The Balaban J connectivity index is 1.44. The molecule has 2 N–H and O–H groups in total. The van der Waals surface area contributed by atoms with Crippen LogP contribution in [-0.2, 0) is 6.54 Å². The zero-order valence-corrected chi connectivity index (χ0v) is 17.9. The maximum Gasteiger partial charge on any atom is 0.230 e. The van der Waals surface area contributed by atoms with Crippen molar-refractivity contribution in [3.05, 3.63) is 40.8 Å². The molecule has 1 saturated heterocycles. The number of likely N-dealkylation sites (N-methyl/N-ethyl adjacent to an activating group) is 1. The number of nitrogens with zero attached hydrogens (tertiary/aromatic N) is 7. The van der Waals surface area contributed by atoms with E-state index >= 15 is 0 Å². The molecule has 0 bridgehead atoms. The normalized spacial score (nSPS) is 17.1. The molecule has 0 saturated carbocycles. The third-order valence-corrected chi connectivity index (χ3v) is 5.90. The largest absolute Gasteiger partial charge is 0.347 e. The highest BCUT2D eigenvalue weighted by atomic mass is 79.9. The second-order valence-corrected chi connectivity index (χ2v) is 8.34. The van der Waals surface area contributed by atoms with Crippen molar-refractivity contribution in [2.24, 2.45) is 0 Å². The summed E-state index contributed by atoms with van der Waals surface area (Å²) in [5.41, 5.74) is 2.72. The molecule has 1 aliphatic heterocycles. The molecule has 0 amide bonds. The molecule has 150 valence electrons. The highest BCUT2D eigenvalue weighted by Gasteiger charge is 2.27. The van der Waals surface area contributed by atoms with E-state index in [1.54, 1.807) is 10.7 Å². The van der Waals surface area contributed by atoms with Gasteiger partial charge < -0.3 is 20.1 Å².